The van der Waals surface area contributed by atoms with Crippen molar-refractivity contribution in [3.63, 3.8) is 0 Å². The van der Waals surface area contributed by atoms with Gasteiger partial charge in [0.25, 0.3) is 0 Å². The molecule has 2 N–H and O–H groups in total. The van der Waals surface area contributed by atoms with Gasteiger partial charge >= 0.3 is 0 Å². The van der Waals surface area contributed by atoms with Gasteiger partial charge < -0.3 is 14.8 Å². The molecule has 0 saturated carbocycles. The molecule has 0 aliphatic carbocycles. The molecular formula is C16H22BrClNO2. The summed E-state index contributed by atoms with van der Waals surface area (Å²) < 4.78 is 6.87. The van der Waals surface area contributed by atoms with E-state index in [2.05, 4.69) is 41.2 Å². The molecule has 0 bridgehead atoms. The van der Waals surface area contributed by atoms with Crippen LogP contribution in [0.4, 0.5) is 0 Å². The van der Waals surface area contributed by atoms with Crippen molar-refractivity contribution in [1.29, 1.82) is 0 Å². The van der Waals surface area contributed by atoms with Crippen molar-refractivity contribution in [1.82, 2.24) is 5.32 Å². The molecule has 3 nitrogen and oxygen atoms in total. The second-order valence-electron chi connectivity index (χ2n) is 5.77. The second-order valence-corrected chi connectivity index (χ2v) is 6.68. The molecule has 1 aromatic heterocycles. The number of nitrogens with one attached hydrogen (secondary N) is 1. The zero-order valence-electron chi connectivity index (χ0n) is 12.6. The van der Waals surface area contributed by atoms with Gasteiger partial charge in [-0.1, -0.05) is 22.9 Å². The molecule has 1 atom stereocenters. The van der Waals surface area contributed by atoms with E-state index in [-0.39, 0.29) is 17.9 Å². The van der Waals surface area contributed by atoms with Crippen molar-refractivity contribution in [3.8, 4) is 0 Å². The Morgan fingerprint density at radius 3 is 2.62 bits per heavy atom. The lowest BCUT2D eigenvalue weighted by Crippen LogP contribution is -2.38. The highest BCUT2D eigenvalue weighted by Gasteiger charge is 2.18. The topological polar surface area (TPSA) is 45.4 Å². The second kappa shape index (κ2) is 7.14. The van der Waals surface area contributed by atoms with E-state index in [0.717, 1.165) is 27.4 Å². The Hall–Kier alpha value is -0.550. The predicted octanol–water partition coefficient (Wildman–Crippen LogP) is 4.42. The highest BCUT2D eigenvalue weighted by atomic mass is 79.9. The number of rotatable bonds is 5. The monoisotopic (exact) mass is 374 g/mol. The third-order valence-electron chi connectivity index (χ3n) is 3.16. The maximum Gasteiger partial charge on any atom is 0.137 e. The highest BCUT2D eigenvalue weighted by molar-refractivity contribution is 9.10. The third kappa shape index (κ3) is 4.71. The lowest BCUT2D eigenvalue weighted by molar-refractivity contribution is 0.142. The van der Waals surface area contributed by atoms with Crippen LogP contribution in [0, 0.1) is 6.92 Å². The first-order chi connectivity index (χ1) is 9.30. The summed E-state index contributed by atoms with van der Waals surface area (Å²) in [5.74, 6) is 0.588. The van der Waals surface area contributed by atoms with E-state index in [4.69, 9.17) is 4.42 Å². The molecule has 0 spiro atoms. The average molecular weight is 376 g/mol. The number of fused-ring (bicyclic) bond motifs is 1. The maximum atomic E-state index is 10.2. The Morgan fingerprint density at radius 1 is 1.38 bits per heavy atom. The van der Waals surface area contributed by atoms with Crippen LogP contribution >= 0.6 is 28.3 Å². The van der Waals surface area contributed by atoms with Crippen LogP contribution in [-0.2, 0) is 6.42 Å². The number of benzene rings is 1. The molecule has 2 aromatic rings. The summed E-state index contributed by atoms with van der Waals surface area (Å²) in [6, 6.07) is 5.97. The molecule has 0 aliphatic heterocycles. The standard InChI is InChI=1S/C16H21BrNO2.ClH/c1-5-10-6-12(17)7-11-8-14(20-15(10)11)13(19)9-18-16(2,3)4;/h6-8,13,18-19H,2,5,9H2,1,3-4H3;1H. The quantitative estimate of drug-likeness (QED) is 0.813. The number of halogens is 2. The smallest absolute Gasteiger partial charge is 0.137 e. The largest absolute Gasteiger partial charge is 0.458 e. The first-order valence-corrected chi connectivity index (χ1v) is 7.60. The molecule has 21 heavy (non-hydrogen) atoms. The number of hydrogen-bond donors (Lipinski definition) is 2. The fraction of sp³-hybridized carbons (Fsp3) is 0.438. The van der Waals surface area contributed by atoms with Crippen LogP contribution in [0.1, 0.15) is 38.2 Å². The van der Waals surface area contributed by atoms with E-state index in [9.17, 15) is 5.11 Å². The van der Waals surface area contributed by atoms with E-state index in [1.54, 1.807) is 0 Å². The molecule has 1 radical (unpaired) electrons. The molecule has 0 amide bonds. The van der Waals surface area contributed by atoms with E-state index >= 15 is 0 Å². The molecule has 0 aliphatic rings. The molecule has 1 unspecified atom stereocenters. The Morgan fingerprint density at radius 2 is 2.05 bits per heavy atom. The zero-order chi connectivity index (χ0) is 14.9. The molecule has 5 heteroatoms. The van der Waals surface area contributed by atoms with Gasteiger partial charge in [0.15, 0.2) is 0 Å². The highest BCUT2D eigenvalue weighted by Crippen LogP contribution is 2.30. The minimum Gasteiger partial charge on any atom is -0.458 e. The number of furan rings is 1. The molecule has 0 fully saturated rings. The molecular weight excluding hydrogens is 354 g/mol. The fourth-order valence-electron chi connectivity index (χ4n) is 2.11. The van der Waals surface area contributed by atoms with Crippen LogP contribution in [0.5, 0.6) is 0 Å². The van der Waals surface area contributed by atoms with Crippen LogP contribution in [0.25, 0.3) is 11.0 Å². The van der Waals surface area contributed by atoms with Crippen LogP contribution in [0.15, 0.2) is 27.1 Å². The minimum atomic E-state index is -0.674. The van der Waals surface area contributed by atoms with E-state index in [1.165, 1.54) is 0 Å². The van der Waals surface area contributed by atoms with Crippen molar-refractivity contribution in [3.05, 3.63) is 40.9 Å². The number of β-amino-alcohol motifs (C(OH)–C–C–N with tert-alkyl or cyclic N) is 1. The maximum absolute atomic E-state index is 10.2. The van der Waals surface area contributed by atoms with Crippen molar-refractivity contribution in [2.24, 2.45) is 0 Å². The Balaban J connectivity index is 0.00000220. The van der Waals surface area contributed by atoms with Gasteiger partial charge in [-0.25, -0.2) is 0 Å². The summed E-state index contributed by atoms with van der Waals surface area (Å²) in [7, 11) is 0. The molecule has 2 rings (SSSR count). The molecule has 117 valence electrons. The number of aryl methyl sites for hydroxylation is 1. The van der Waals surface area contributed by atoms with Crippen LogP contribution in [-0.4, -0.2) is 17.2 Å². The van der Waals surface area contributed by atoms with Gasteiger partial charge in [0.2, 0.25) is 0 Å². The first kappa shape index (κ1) is 18.5. The van der Waals surface area contributed by atoms with Gasteiger partial charge in [-0.2, -0.15) is 0 Å². The summed E-state index contributed by atoms with van der Waals surface area (Å²) in [6.45, 7) is 10.4. The first-order valence-electron chi connectivity index (χ1n) is 6.80. The molecule has 0 saturated heterocycles. The predicted molar refractivity (Wildman–Crippen MR) is 92.9 cm³/mol. The van der Waals surface area contributed by atoms with Crippen LogP contribution in [0.3, 0.4) is 0 Å². The van der Waals surface area contributed by atoms with Gasteiger partial charge in [0.05, 0.1) is 0 Å². The van der Waals surface area contributed by atoms with Crippen molar-refractivity contribution in [2.75, 3.05) is 6.54 Å². The summed E-state index contributed by atoms with van der Waals surface area (Å²) in [5.41, 5.74) is 1.72. The molecule has 1 aromatic carbocycles. The van der Waals surface area contributed by atoms with Crippen LogP contribution in [0.2, 0.25) is 0 Å². The minimum absolute atomic E-state index is 0. The van der Waals surface area contributed by atoms with E-state index < -0.39 is 6.10 Å². The summed E-state index contributed by atoms with van der Waals surface area (Å²) >= 11 is 3.50. The van der Waals surface area contributed by atoms with Gasteiger partial charge in [-0.3, -0.25) is 0 Å². The Bertz CT molecular complexity index is 604. The Labute approximate surface area is 140 Å². The van der Waals surface area contributed by atoms with Crippen molar-refractivity contribution < 1.29 is 9.52 Å². The zero-order valence-corrected chi connectivity index (χ0v) is 15.0. The Kier molecular flexibility index (Phi) is 6.29. The number of aliphatic hydroxyl groups is 1. The van der Waals surface area contributed by atoms with Crippen molar-refractivity contribution >= 4 is 39.3 Å². The van der Waals surface area contributed by atoms with Gasteiger partial charge in [0.1, 0.15) is 17.4 Å². The summed E-state index contributed by atoms with van der Waals surface area (Å²) in [5, 5.41) is 14.4. The summed E-state index contributed by atoms with van der Waals surface area (Å²) in [6.07, 6.45) is 0.218. The summed E-state index contributed by atoms with van der Waals surface area (Å²) in [4.78, 5) is 0. The number of hydrogen-bond acceptors (Lipinski definition) is 3. The normalized spacial score (nSPS) is 13.2. The SMILES string of the molecule is Cl.[CH2]C(C)(C)NCC(O)c1cc2cc(Br)cc(CC)c2o1. The van der Waals surface area contributed by atoms with Gasteiger partial charge in [0, 0.05) is 21.9 Å². The average Bonchev–Trinajstić information content (AvgIpc) is 2.77. The van der Waals surface area contributed by atoms with Crippen molar-refractivity contribution in [2.45, 2.75) is 38.8 Å². The lowest BCUT2D eigenvalue weighted by Gasteiger charge is -2.21. The lowest BCUT2D eigenvalue weighted by atomic mass is 10.1. The van der Waals surface area contributed by atoms with Crippen LogP contribution < -0.4 is 5.32 Å². The number of aliphatic hydroxyl groups excluding tert-OH is 1. The fourth-order valence-corrected chi connectivity index (χ4v) is 2.63. The van der Waals surface area contributed by atoms with E-state index in [0.29, 0.717) is 12.3 Å². The molecule has 1 heterocycles. The van der Waals surface area contributed by atoms with E-state index in [1.807, 2.05) is 26.0 Å². The third-order valence-corrected chi connectivity index (χ3v) is 3.62. The van der Waals surface area contributed by atoms with Gasteiger partial charge in [-0.15, -0.1) is 12.4 Å². The van der Waals surface area contributed by atoms with Gasteiger partial charge in [-0.05, 0) is 51.0 Å².